The van der Waals surface area contributed by atoms with Crippen LogP contribution in [0.3, 0.4) is 0 Å². The molecule has 2 N–H and O–H groups in total. The highest BCUT2D eigenvalue weighted by Gasteiger charge is 2.41. The van der Waals surface area contributed by atoms with Crippen molar-refractivity contribution in [3.63, 3.8) is 0 Å². The minimum Gasteiger partial charge on any atom is -0.481 e. The summed E-state index contributed by atoms with van der Waals surface area (Å²) in [5.41, 5.74) is 0. The maximum Gasteiger partial charge on any atom is 0.307 e. The fourth-order valence-electron chi connectivity index (χ4n) is 2.29. The van der Waals surface area contributed by atoms with Gasteiger partial charge in [-0.1, -0.05) is 11.4 Å². The van der Waals surface area contributed by atoms with E-state index in [1.165, 1.54) is 6.20 Å². The van der Waals surface area contributed by atoms with E-state index in [-0.39, 0.29) is 11.8 Å². The van der Waals surface area contributed by atoms with Gasteiger partial charge < -0.3 is 10.4 Å². The number of carbonyl (C=O) groups is 2. The third-order valence-electron chi connectivity index (χ3n) is 3.06. The van der Waals surface area contributed by atoms with Gasteiger partial charge in [0.15, 0.2) is 0 Å². The fraction of sp³-hybridized carbons (Fsp3) is 0.600. The second-order valence-corrected chi connectivity index (χ2v) is 5.18. The molecule has 1 amide bonds. The van der Waals surface area contributed by atoms with Crippen molar-refractivity contribution in [2.24, 2.45) is 17.8 Å². The van der Waals surface area contributed by atoms with Gasteiger partial charge in [-0.3, -0.25) is 9.59 Å². The first-order valence-corrected chi connectivity index (χ1v) is 6.16. The van der Waals surface area contributed by atoms with E-state index >= 15 is 0 Å². The molecule has 6 nitrogen and oxygen atoms in total. The standard InChI is InChI=1S/C10H13N3O3S/c1-5-2-6(7(3-5)10(15)16)9(14)12-8-4-11-13-17-8/h4-7H,2-3H2,1H3,(H,12,14)(H,15,16). The smallest absolute Gasteiger partial charge is 0.307 e. The summed E-state index contributed by atoms with van der Waals surface area (Å²) in [5.74, 6) is -1.90. The van der Waals surface area contributed by atoms with E-state index in [9.17, 15) is 9.59 Å². The molecule has 1 aliphatic rings. The number of anilines is 1. The number of carboxylic acids is 1. The topological polar surface area (TPSA) is 92.2 Å². The number of rotatable bonds is 3. The molecule has 1 aromatic heterocycles. The fourth-order valence-corrected chi connectivity index (χ4v) is 2.71. The highest BCUT2D eigenvalue weighted by atomic mass is 32.1. The molecule has 0 spiro atoms. The lowest BCUT2D eigenvalue weighted by molar-refractivity contribution is -0.145. The number of carboxylic acid groups (broad SMARTS) is 1. The van der Waals surface area contributed by atoms with Crippen molar-refractivity contribution >= 4 is 28.4 Å². The first-order chi connectivity index (χ1) is 8.08. The van der Waals surface area contributed by atoms with E-state index in [2.05, 4.69) is 14.9 Å². The Bertz CT molecular complexity index is 420. The number of hydrogen-bond acceptors (Lipinski definition) is 5. The van der Waals surface area contributed by atoms with Gasteiger partial charge in [0, 0.05) is 11.5 Å². The Hall–Kier alpha value is -1.50. The predicted molar refractivity (Wildman–Crippen MR) is 61.6 cm³/mol. The first-order valence-electron chi connectivity index (χ1n) is 5.39. The van der Waals surface area contributed by atoms with Crippen molar-refractivity contribution in [3.8, 4) is 0 Å². The number of aromatic nitrogens is 2. The van der Waals surface area contributed by atoms with E-state index in [0.717, 1.165) is 11.5 Å². The Morgan fingerprint density at radius 3 is 2.76 bits per heavy atom. The second kappa shape index (κ2) is 4.79. The molecule has 1 fully saturated rings. The van der Waals surface area contributed by atoms with Crippen LogP contribution in [-0.4, -0.2) is 26.6 Å². The van der Waals surface area contributed by atoms with Gasteiger partial charge in [-0.2, -0.15) is 0 Å². The van der Waals surface area contributed by atoms with E-state index in [4.69, 9.17) is 5.11 Å². The van der Waals surface area contributed by atoms with Gasteiger partial charge >= 0.3 is 5.97 Å². The molecule has 0 radical (unpaired) electrons. The highest BCUT2D eigenvalue weighted by molar-refractivity contribution is 7.10. The zero-order valence-electron chi connectivity index (χ0n) is 9.29. The largest absolute Gasteiger partial charge is 0.481 e. The summed E-state index contributed by atoms with van der Waals surface area (Å²) >= 11 is 1.08. The van der Waals surface area contributed by atoms with Gasteiger partial charge in [0.05, 0.1) is 18.0 Å². The summed E-state index contributed by atoms with van der Waals surface area (Å²) in [6, 6.07) is 0. The first kappa shape index (κ1) is 12.0. The molecule has 0 aliphatic heterocycles. The normalized spacial score (nSPS) is 27.9. The summed E-state index contributed by atoms with van der Waals surface area (Å²) in [4.78, 5) is 23.0. The number of hydrogen-bond donors (Lipinski definition) is 2. The number of carbonyl (C=O) groups excluding carboxylic acids is 1. The molecule has 0 bridgehead atoms. The van der Waals surface area contributed by atoms with Crippen molar-refractivity contribution in [2.75, 3.05) is 5.32 Å². The monoisotopic (exact) mass is 255 g/mol. The average Bonchev–Trinajstić information content (AvgIpc) is 2.86. The number of aliphatic carboxylic acids is 1. The SMILES string of the molecule is CC1CC(C(=O)O)C(C(=O)Nc2cnns2)C1. The lowest BCUT2D eigenvalue weighted by Gasteiger charge is -2.14. The number of nitrogens with one attached hydrogen (secondary N) is 1. The Kier molecular flexibility index (Phi) is 3.37. The second-order valence-electron chi connectivity index (χ2n) is 4.40. The Labute approximate surface area is 102 Å². The summed E-state index contributed by atoms with van der Waals surface area (Å²) in [6.07, 6.45) is 2.64. The molecule has 92 valence electrons. The highest BCUT2D eigenvalue weighted by Crippen LogP contribution is 2.37. The molecule has 1 aromatic rings. The van der Waals surface area contributed by atoms with Crippen LogP contribution in [0.1, 0.15) is 19.8 Å². The van der Waals surface area contributed by atoms with Crippen molar-refractivity contribution in [1.29, 1.82) is 0 Å². The van der Waals surface area contributed by atoms with Crippen LogP contribution in [0.4, 0.5) is 5.00 Å². The molecular formula is C10H13N3O3S. The molecule has 0 saturated heterocycles. The lowest BCUT2D eigenvalue weighted by atomic mass is 9.95. The van der Waals surface area contributed by atoms with E-state index in [1.807, 2.05) is 6.92 Å². The van der Waals surface area contributed by atoms with E-state index in [1.54, 1.807) is 0 Å². The van der Waals surface area contributed by atoms with Crippen molar-refractivity contribution in [2.45, 2.75) is 19.8 Å². The van der Waals surface area contributed by atoms with Gasteiger partial charge in [0.1, 0.15) is 5.00 Å². The van der Waals surface area contributed by atoms with Crippen molar-refractivity contribution in [1.82, 2.24) is 9.59 Å². The molecule has 17 heavy (non-hydrogen) atoms. The summed E-state index contributed by atoms with van der Waals surface area (Å²) in [7, 11) is 0. The molecule has 2 rings (SSSR count). The summed E-state index contributed by atoms with van der Waals surface area (Å²) < 4.78 is 3.63. The van der Waals surface area contributed by atoms with Crippen molar-refractivity contribution in [3.05, 3.63) is 6.20 Å². The third-order valence-corrected chi connectivity index (χ3v) is 3.64. The van der Waals surface area contributed by atoms with E-state index in [0.29, 0.717) is 17.8 Å². The maximum atomic E-state index is 11.9. The van der Waals surface area contributed by atoms with Gasteiger partial charge in [0.2, 0.25) is 5.91 Å². The Balaban J connectivity index is 2.05. The molecular weight excluding hydrogens is 242 g/mol. The molecule has 0 aromatic carbocycles. The van der Waals surface area contributed by atoms with Crippen LogP contribution in [0.2, 0.25) is 0 Å². The van der Waals surface area contributed by atoms with Crippen LogP contribution in [0, 0.1) is 17.8 Å². The van der Waals surface area contributed by atoms with Crippen molar-refractivity contribution < 1.29 is 14.7 Å². The van der Waals surface area contributed by atoms with Crippen LogP contribution < -0.4 is 5.32 Å². The zero-order valence-corrected chi connectivity index (χ0v) is 10.1. The average molecular weight is 255 g/mol. The summed E-state index contributed by atoms with van der Waals surface area (Å²) in [6.45, 7) is 1.97. The van der Waals surface area contributed by atoms with Crippen LogP contribution >= 0.6 is 11.5 Å². The van der Waals surface area contributed by atoms with Crippen LogP contribution in [0.25, 0.3) is 0 Å². The zero-order chi connectivity index (χ0) is 12.4. The molecule has 7 heteroatoms. The van der Waals surface area contributed by atoms with Gasteiger partial charge in [-0.25, -0.2) is 0 Å². The lowest BCUT2D eigenvalue weighted by Crippen LogP contribution is -2.29. The molecule has 3 atom stereocenters. The quantitative estimate of drug-likeness (QED) is 0.847. The van der Waals surface area contributed by atoms with Gasteiger partial charge in [0.25, 0.3) is 0 Å². The van der Waals surface area contributed by atoms with Crippen LogP contribution in [-0.2, 0) is 9.59 Å². The minimum absolute atomic E-state index is 0.243. The molecule has 3 unspecified atom stereocenters. The van der Waals surface area contributed by atoms with E-state index < -0.39 is 17.8 Å². The predicted octanol–water partition coefficient (Wildman–Crippen LogP) is 1.22. The molecule has 1 aliphatic carbocycles. The third kappa shape index (κ3) is 2.60. The van der Waals surface area contributed by atoms with Crippen LogP contribution in [0.5, 0.6) is 0 Å². The summed E-state index contributed by atoms with van der Waals surface area (Å²) in [5, 5.41) is 15.9. The van der Waals surface area contributed by atoms with Crippen LogP contribution in [0.15, 0.2) is 6.20 Å². The van der Waals surface area contributed by atoms with Gasteiger partial charge in [-0.15, -0.1) is 5.10 Å². The number of amides is 1. The molecule has 1 heterocycles. The maximum absolute atomic E-state index is 11.9. The Morgan fingerprint density at radius 1 is 1.47 bits per heavy atom. The number of nitrogens with zero attached hydrogens (tertiary/aromatic N) is 2. The molecule has 1 saturated carbocycles. The van der Waals surface area contributed by atoms with Gasteiger partial charge in [-0.05, 0) is 18.8 Å². The minimum atomic E-state index is -0.892. The Morgan fingerprint density at radius 2 is 2.18 bits per heavy atom.